The van der Waals surface area contributed by atoms with E-state index in [9.17, 15) is 0 Å². The zero-order valence-electron chi connectivity index (χ0n) is 11.3. The predicted octanol–water partition coefficient (Wildman–Crippen LogP) is 5.12. The minimum atomic E-state index is 0.791. The number of hydrogen-bond acceptors (Lipinski definition) is 2. The molecular weight excluding hydrogens is 274 g/mol. The van der Waals surface area contributed by atoms with Gasteiger partial charge < -0.3 is 5.32 Å². The summed E-state index contributed by atoms with van der Waals surface area (Å²) in [4.78, 5) is 1.31. The second kappa shape index (κ2) is 6.43. The fourth-order valence-electron chi connectivity index (χ4n) is 2.92. The molecule has 0 radical (unpaired) electrons. The molecule has 1 aromatic rings. The second-order valence-corrected chi connectivity index (χ2v) is 7.60. The molecule has 0 aromatic carbocycles. The summed E-state index contributed by atoms with van der Waals surface area (Å²) in [6.07, 6.45) is 12.1. The molecule has 3 rings (SSSR count). The summed E-state index contributed by atoms with van der Waals surface area (Å²) < 4.78 is 0.893. The molecule has 1 heterocycles. The third kappa shape index (κ3) is 4.08. The van der Waals surface area contributed by atoms with Crippen molar-refractivity contribution in [3.05, 3.63) is 26.9 Å². The molecule has 19 heavy (non-hydrogen) atoms. The lowest BCUT2D eigenvalue weighted by Gasteiger charge is -2.25. The smallest absolute Gasteiger partial charge is 0.0934 e. The van der Waals surface area contributed by atoms with Crippen LogP contribution in [-0.2, 0) is 0 Å². The Morgan fingerprint density at radius 1 is 1.21 bits per heavy atom. The van der Waals surface area contributed by atoms with Crippen molar-refractivity contribution in [1.29, 1.82) is 0 Å². The van der Waals surface area contributed by atoms with Gasteiger partial charge in [0.25, 0.3) is 0 Å². The van der Waals surface area contributed by atoms with Gasteiger partial charge in [0.2, 0.25) is 0 Å². The molecule has 0 aliphatic heterocycles. The van der Waals surface area contributed by atoms with Crippen molar-refractivity contribution in [3.63, 3.8) is 0 Å². The van der Waals surface area contributed by atoms with Crippen molar-refractivity contribution >= 4 is 29.0 Å². The van der Waals surface area contributed by atoms with E-state index in [0.29, 0.717) is 0 Å². The first-order valence-electron chi connectivity index (χ1n) is 7.50. The summed E-state index contributed by atoms with van der Waals surface area (Å²) >= 11 is 7.73. The average Bonchev–Trinajstić information content (AvgIpc) is 3.18. The Bertz CT molecular complexity index is 441. The van der Waals surface area contributed by atoms with Gasteiger partial charge in [-0.15, -0.1) is 11.3 Å². The molecule has 0 bridgehead atoms. The van der Waals surface area contributed by atoms with Crippen LogP contribution in [0.4, 0.5) is 0 Å². The van der Waals surface area contributed by atoms with E-state index in [1.165, 1.54) is 49.8 Å². The van der Waals surface area contributed by atoms with E-state index >= 15 is 0 Å². The molecule has 2 aliphatic rings. The lowest BCUT2D eigenvalue weighted by atomic mass is 9.83. The first kappa shape index (κ1) is 13.7. The van der Waals surface area contributed by atoms with Crippen molar-refractivity contribution in [1.82, 2.24) is 5.32 Å². The van der Waals surface area contributed by atoms with Gasteiger partial charge in [0.05, 0.1) is 4.34 Å². The van der Waals surface area contributed by atoms with Crippen LogP contribution in [0.5, 0.6) is 0 Å². The van der Waals surface area contributed by atoms with E-state index in [4.69, 9.17) is 11.6 Å². The Kier molecular flexibility index (Phi) is 4.62. The van der Waals surface area contributed by atoms with E-state index in [2.05, 4.69) is 17.5 Å². The van der Waals surface area contributed by atoms with Crippen LogP contribution >= 0.6 is 22.9 Å². The van der Waals surface area contributed by atoms with Crippen LogP contribution < -0.4 is 5.32 Å². The highest BCUT2D eigenvalue weighted by molar-refractivity contribution is 7.17. The standard InChI is InChI=1S/C16H22ClNS/c17-16-9-8-15(19-16)10-13(11-18-14-6-7-14)12-4-2-1-3-5-12/h8-10,12,14,18H,1-7,11H2. The zero-order valence-corrected chi connectivity index (χ0v) is 12.9. The normalized spacial score (nSPS) is 21.8. The highest BCUT2D eigenvalue weighted by atomic mass is 35.5. The fraction of sp³-hybridized carbons (Fsp3) is 0.625. The van der Waals surface area contributed by atoms with Crippen LogP contribution in [0, 0.1) is 5.92 Å². The SMILES string of the molecule is Clc1ccc(C=C(CNC2CC2)C2CCCCC2)s1. The van der Waals surface area contributed by atoms with Crippen LogP contribution in [0.15, 0.2) is 17.7 Å². The van der Waals surface area contributed by atoms with E-state index in [0.717, 1.165) is 22.8 Å². The molecule has 0 spiro atoms. The molecule has 0 unspecified atom stereocenters. The Hall–Kier alpha value is -0.310. The van der Waals surface area contributed by atoms with Gasteiger partial charge in [0.15, 0.2) is 0 Å². The van der Waals surface area contributed by atoms with Gasteiger partial charge in [-0.1, -0.05) is 36.4 Å². The first-order chi connectivity index (χ1) is 9.31. The molecule has 1 nitrogen and oxygen atoms in total. The zero-order chi connectivity index (χ0) is 13.1. The van der Waals surface area contributed by atoms with Crippen molar-refractivity contribution in [3.8, 4) is 0 Å². The van der Waals surface area contributed by atoms with Gasteiger partial charge in [0.1, 0.15) is 0 Å². The lowest BCUT2D eigenvalue weighted by Crippen LogP contribution is -2.23. The summed E-state index contributed by atoms with van der Waals surface area (Å²) in [5.41, 5.74) is 1.60. The summed E-state index contributed by atoms with van der Waals surface area (Å²) in [7, 11) is 0. The van der Waals surface area contributed by atoms with Crippen LogP contribution in [0.25, 0.3) is 6.08 Å². The lowest BCUT2D eigenvalue weighted by molar-refractivity contribution is 0.396. The molecule has 1 aromatic heterocycles. The van der Waals surface area contributed by atoms with Gasteiger partial charge in [-0.05, 0) is 49.8 Å². The number of nitrogens with one attached hydrogen (secondary N) is 1. The summed E-state index contributed by atoms with van der Waals surface area (Å²) in [5.74, 6) is 0.792. The first-order valence-corrected chi connectivity index (χ1v) is 8.70. The van der Waals surface area contributed by atoms with Crippen LogP contribution in [0.1, 0.15) is 49.8 Å². The summed E-state index contributed by atoms with van der Waals surface area (Å²) in [5, 5.41) is 3.68. The quantitative estimate of drug-likeness (QED) is 0.795. The molecular formula is C16H22ClNS. The average molecular weight is 296 g/mol. The molecule has 0 saturated heterocycles. The monoisotopic (exact) mass is 295 g/mol. The Morgan fingerprint density at radius 2 is 2.00 bits per heavy atom. The van der Waals surface area contributed by atoms with Gasteiger partial charge in [-0.2, -0.15) is 0 Å². The van der Waals surface area contributed by atoms with Crippen molar-refractivity contribution in [2.45, 2.75) is 51.0 Å². The third-order valence-electron chi connectivity index (χ3n) is 4.22. The molecule has 0 amide bonds. The highest BCUT2D eigenvalue weighted by Crippen LogP contribution is 2.33. The van der Waals surface area contributed by atoms with Gasteiger partial charge in [-0.3, -0.25) is 0 Å². The number of rotatable bonds is 5. The summed E-state index contributed by atoms with van der Waals surface area (Å²) in [6, 6.07) is 4.94. The maximum Gasteiger partial charge on any atom is 0.0934 e. The molecule has 2 fully saturated rings. The predicted molar refractivity (Wildman–Crippen MR) is 84.9 cm³/mol. The summed E-state index contributed by atoms with van der Waals surface area (Å²) in [6.45, 7) is 1.07. The minimum Gasteiger partial charge on any atom is -0.310 e. The third-order valence-corrected chi connectivity index (χ3v) is 5.40. The molecule has 2 saturated carbocycles. The molecule has 3 heteroatoms. The highest BCUT2D eigenvalue weighted by Gasteiger charge is 2.23. The molecule has 2 aliphatic carbocycles. The Morgan fingerprint density at radius 3 is 2.63 bits per heavy atom. The molecule has 1 N–H and O–H groups in total. The van der Waals surface area contributed by atoms with Gasteiger partial charge >= 0.3 is 0 Å². The van der Waals surface area contributed by atoms with Crippen LogP contribution in [0.2, 0.25) is 4.34 Å². The maximum absolute atomic E-state index is 6.04. The topological polar surface area (TPSA) is 12.0 Å². The van der Waals surface area contributed by atoms with Crippen molar-refractivity contribution in [2.24, 2.45) is 5.92 Å². The Balaban J connectivity index is 1.71. The Labute approximate surface area is 125 Å². The van der Waals surface area contributed by atoms with E-state index in [-0.39, 0.29) is 0 Å². The maximum atomic E-state index is 6.04. The molecule has 0 atom stereocenters. The fourth-order valence-corrected chi connectivity index (χ4v) is 3.96. The van der Waals surface area contributed by atoms with Crippen LogP contribution in [-0.4, -0.2) is 12.6 Å². The second-order valence-electron chi connectivity index (χ2n) is 5.85. The van der Waals surface area contributed by atoms with E-state index < -0.39 is 0 Å². The number of halogens is 1. The number of thiophene rings is 1. The van der Waals surface area contributed by atoms with Crippen molar-refractivity contribution in [2.75, 3.05) is 6.54 Å². The van der Waals surface area contributed by atoms with Crippen molar-refractivity contribution < 1.29 is 0 Å². The van der Waals surface area contributed by atoms with E-state index in [1.807, 2.05) is 6.07 Å². The van der Waals surface area contributed by atoms with Gasteiger partial charge in [-0.25, -0.2) is 0 Å². The number of hydrogen-bond donors (Lipinski definition) is 1. The van der Waals surface area contributed by atoms with Crippen LogP contribution in [0.3, 0.4) is 0 Å². The largest absolute Gasteiger partial charge is 0.310 e. The molecule has 104 valence electrons. The minimum absolute atomic E-state index is 0.791. The van der Waals surface area contributed by atoms with Gasteiger partial charge in [0, 0.05) is 17.5 Å². The van der Waals surface area contributed by atoms with E-state index in [1.54, 1.807) is 16.9 Å².